The molecule has 1 aliphatic heterocycles. The molecule has 1 nitrogen and oxygen atoms in total. The standard InChI is InChI=1S/C17H16ClN/c1-12-10-16(13-6-5-7-14(18)11-13)15-8-3-4-9-17(15)19(12)2/h3-12H,1-2H3. The minimum atomic E-state index is 0.379. The predicted octanol–water partition coefficient (Wildman–Crippen LogP) is 4.61. The molecule has 3 rings (SSSR count). The Labute approximate surface area is 119 Å². The Morgan fingerprint density at radius 3 is 2.63 bits per heavy atom. The molecule has 2 heteroatoms. The highest BCUT2D eigenvalue weighted by Gasteiger charge is 2.21. The lowest BCUT2D eigenvalue weighted by atomic mass is 9.91. The molecule has 0 spiro atoms. The second kappa shape index (κ2) is 4.75. The number of nitrogens with zero attached hydrogens (tertiary/aromatic N) is 1. The summed E-state index contributed by atoms with van der Waals surface area (Å²) in [5, 5.41) is 0.780. The molecular weight excluding hydrogens is 254 g/mol. The van der Waals surface area contributed by atoms with E-state index < -0.39 is 0 Å². The molecule has 1 unspecified atom stereocenters. The van der Waals surface area contributed by atoms with Crippen LogP contribution in [0.2, 0.25) is 5.02 Å². The summed E-state index contributed by atoms with van der Waals surface area (Å²) in [5.41, 5.74) is 4.99. The molecule has 1 aliphatic rings. The number of rotatable bonds is 1. The molecule has 0 saturated carbocycles. The van der Waals surface area contributed by atoms with Crippen molar-refractivity contribution in [2.45, 2.75) is 13.0 Å². The van der Waals surface area contributed by atoms with Gasteiger partial charge < -0.3 is 4.90 Å². The SMILES string of the molecule is CC1C=C(c2cccc(Cl)c2)c2ccccc2N1C. The maximum atomic E-state index is 6.12. The van der Waals surface area contributed by atoms with Crippen LogP contribution in [0.5, 0.6) is 0 Å². The van der Waals surface area contributed by atoms with E-state index in [9.17, 15) is 0 Å². The number of halogens is 1. The average Bonchev–Trinajstić information content (AvgIpc) is 2.43. The number of likely N-dealkylation sites (N-methyl/N-ethyl adjacent to an activating group) is 1. The number of hydrogen-bond donors (Lipinski definition) is 0. The van der Waals surface area contributed by atoms with Crippen LogP contribution < -0.4 is 4.90 Å². The molecule has 2 aromatic carbocycles. The molecule has 2 aromatic rings. The van der Waals surface area contributed by atoms with Gasteiger partial charge in [-0.1, -0.05) is 48.0 Å². The first-order valence-electron chi connectivity index (χ1n) is 6.47. The fourth-order valence-corrected chi connectivity index (χ4v) is 2.77. The second-order valence-electron chi connectivity index (χ2n) is 4.96. The third-order valence-electron chi connectivity index (χ3n) is 3.73. The summed E-state index contributed by atoms with van der Waals surface area (Å²) in [7, 11) is 2.13. The number of benzene rings is 2. The highest BCUT2D eigenvalue weighted by molar-refractivity contribution is 6.30. The Balaban J connectivity index is 2.18. The monoisotopic (exact) mass is 269 g/mol. The summed E-state index contributed by atoms with van der Waals surface area (Å²) in [4.78, 5) is 2.30. The van der Waals surface area contributed by atoms with E-state index in [1.807, 2.05) is 18.2 Å². The van der Waals surface area contributed by atoms with Crippen LogP contribution in [-0.4, -0.2) is 13.1 Å². The predicted molar refractivity (Wildman–Crippen MR) is 82.8 cm³/mol. The highest BCUT2D eigenvalue weighted by Crippen LogP contribution is 2.37. The van der Waals surface area contributed by atoms with E-state index in [4.69, 9.17) is 11.6 Å². The quantitative estimate of drug-likeness (QED) is 0.731. The maximum Gasteiger partial charge on any atom is 0.0450 e. The number of para-hydroxylation sites is 1. The van der Waals surface area contributed by atoms with E-state index in [1.165, 1.54) is 22.4 Å². The zero-order chi connectivity index (χ0) is 13.4. The lowest BCUT2D eigenvalue weighted by Gasteiger charge is -2.33. The first-order valence-corrected chi connectivity index (χ1v) is 6.84. The van der Waals surface area contributed by atoms with Crippen molar-refractivity contribution < 1.29 is 0 Å². The third-order valence-corrected chi connectivity index (χ3v) is 3.96. The third kappa shape index (κ3) is 2.15. The fourth-order valence-electron chi connectivity index (χ4n) is 2.58. The fraction of sp³-hybridized carbons (Fsp3) is 0.176. The molecule has 0 aromatic heterocycles. The van der Waals surface area contributed by atoms with Crippen LogP contribution in [0.25, 0.3) is 5.57 Å². The van der Waals surface area contributed by atoms with Gasteiger partial charge in [-0.3, -0.25) is 0 Å². The summed E-state index contributed by atoms with van der Waals surface area (Å²) in [6.07, 6.45) is 2.30. The zero-order valence-corrected chi connectivity index (χ0v) is 11.9. The van der Waals surface area contributed by atoms with Crippen LogP contribution in [0.1, 0.15) is 18.1 Å². The maximum absolute atomic E-state index is 6.12. The van der Waals surface area contributed by atoms with Gasteiger partial charge in [0.05, 0.1) is 0 Å². The van der Waals surface area contributed by atoms with Crippen molar-refractivity contribution in [1.29, 1.82) is 0 Å². The minimum Gasteiger partial charge on any atom is -0.368 e. The summed E-state index contributed by atoms with van der Waals surface area (Å²) in [6, 6.07) is 17.0. The van der Waals surface area contributed by atoms with Crippen LogP contribution in [-0.2, 0) is 0 Å². The van der Waals surface area contributed by atoms with Crippen LogP contribution in [0.3, 0.4) is 0 Å². The van der Waals surface area contributed by atoms with E-state index in [-0.39, 0.29) is 0 Å². The largest absolute Gasteiger partial charge is 0.368 e. The summed E-state index contributed by atoms with van der Waals surface area (Å²) >= 11 is 6.12. The van der Waals surface area contributed by atoms with Gasteiger partial charge in [-0.15, -0.1) is 0 Å². The van der Waals surface area contributed by atoms with Crippen molar-refractivity contribution in [3.8, 4) is 0 Å². The van der Waals surface area contributed by atoms with Crippen molar-refractivity contribution in [3.63, 3.8) is 0 Å². The van der Waals surface area contributed by atoms with Crippen LogP contribution in [0, 0.1) is 0 Å². The topological polar surface area (TPSA) is 3.24 Å². The molecule has 0 amide bonds. The second-order valence-corrected chi connectivity index (χ2v) is 5.40. The van der Waals surface area contributed by atoms with Crippen LogP contribution in [0.15, 0.2) is 54.6 Å². The van der Waals surface area contributed by atoms with Gasteiger partial charge in [0, 0.05) is 29.4 Å². The number of fused-ring (bicyclic) bond motifs is 1. The molecule has 0 bridgehead atoms. The lowest BCUT2D eigenvalue weighted by Crippen LogP contribution is -2.30. The summed E-state index contributed by atoms with van der Waals surface area (Å²) in [6.45, 7) is 2.21. The van der Waals surface area contributed by atoms with Gasteiger partial charge in [0.15, 0.2) is 0 Å². The van der Waals surface area contributed by atoms with Gasteiger partial charge in [-0.05, 0) is 36.3 Å². The van der Waals surface area contributed by atoms with Gasteiger partial charge in [-0.25, -0.2) is 0 Å². The molecule has 0 fully saturated rings. The smallest absolute Gasteiger partial charge is 0.0450 e. The molecule has 0 aliphatic carbocycles. The van der Waals surface area contributed by atoms with E-state index in [0.717, 1.165) is 5.02 Å². The first-order chi connectivity index (χ1) is 9.16. The molecule has 0 saturated heterocycles. The van der Waals surface area contributed by atoms with Crippen molar-refractivity contribution in [2.75, 3.05) is 11.9 Å². The van der Waals surface area contributed by atoms with Crippen molar-refractivity contribution in [1.82, 2.24) is 0 Å². The highest BCUT2D eigenvalue weighted by atomic mass is 35.5. The van der Waals surface area contributed by atoms with Gasteiger partial charge in [0.25, 0.3) is 0 Å². The lowest BCUT2D eigenvalue weighted by molar-refractivity contribution is 0.814. The van der Waals surface area contributed by atoms with E-state index in [1.54, 1.807) is 0 Å². The van der Waals surface area contributed by atoms with Gasteiger partial charge >= 0.3 is 0 Å². The minimum absolute atomic E-state index is 0.379. The Morgan fingerprint density at radius 2 is 1.84 bits per heavy atom. The summed E-state index contributed by atoms with van der Waals surface area (Å²) in [5.74, 6) is 0. The van der Waals surface area contributed by atoms with Crippen molar-refractivity contribution >= 4 is 22.9 Å². The molecule has 1 atom stereocenters. The molecule has 0 N–H and O–H groups in total. The summed E-state index contributed by atoms with van der Waals surface area (Å²) < 4.78 is 0. The first kappa shape index (κ1) is 12.3. The van der Waals surface area contributed by atoms with E-state index in [0.29, 0.717) is 6.04 Å². The van der Waals surface area contributed by atoms with Crippen molar-refractivity contribution in [2.24, 2.45) is 0 Å². The Hall–Kier alpha value is -1.73. The van der Waals surface area contributed by atoms with E-state index >= 15 is 0 Å². The van der Waals surface area contributed by atoms with Gasteiger partial charge in [0.1, 0.15) is 0 Å². The Bertz CT molecular complexity index is 645. The molecule has 19 heavy (non-hydrogen) atoms. The normalized spacial score (nSPS) is 17.9. The Morgan fingerprint density at radius 1 is 1.05 bits per heavy atom. The Kier molecular flexibility index (Phi) is 3.08. The van der Waals surface area contributed by atoms with Crippen molar-refractivity contribution in [3.05, 3.63) is 70.8 Å². The van der Waals surface area contributed by atoms with Crippen LogP contribution >= 0.6 is 11.6 Å². The molecule has 1 heterocycles. The van der Waals surface area contributed by atoms with E-state index in [2.05, 4.69) is 55.3 Å². The average molecular weight is 270 g/mol. The molecular formula is C17H16ClN. The number of hydrogen-bond acceptors (Lipinski definition) is 1. The zero-order valence-electron chi connectivity index (χ0n) is 11.1. The van der Waals surface area contributed by atoms with Gasteiger partial charge in [0.2, 0.25) is 0 Å². The molecule has 0 radical (unpaired) electrons. The molecule has 96 valence electrons. The number of anilines is 1. The van der Waals surface area contributed by atoms with Gasteiger partial charge in [-0.2, -0.15) is 0 Å². The van der Waals surface area contributed by atoms with Crippen LogP contribution in [0.4, 0.5) is 5.69 Å².